The largest absolute Gasteiger partial charge is 0.508 e. The first kappa shape index (κ1) is 34.4. The number of fused-ring (bicyclic) bond motifs is 1. The van der Waals surface area contributed by atoms with E-state index >= 15 is 0 Å². The molecule has 5 rings (SSSR count). The molecule has 0 saturated carbocycles. The van der Waals surface area contributed by atoms with Gasteiger partial charge in [-0.25, -0.2) is 13.7 Å². The molecule has 0 bridgehead atoms. The van der Waals surface area contributed by atoms with Gasteiger partial charge in [-0.15, -0.1) is 12.8 Å². The van der Waals surface area contributed by atoms with Crippen LogP contribution in [0.5, 0.6) is 5.75 Å². The molecule has 0 aliphatic carbocycles. The maximum Gasteiger partial charge on any atom is 0.309 e. The summed E-state index contributed by atoms with van der Waals surface area (Å²) in [5, 5.41) is 24.9. The first-order valence-corrected chi connectivity index (χ1v) is 12.8. The fourth-order valence-electron chi connectivity index (χ4n) is 3.76. The second kappa shape index (κ2) is 17.8. The third-order valence-electron chi connectivity index (χ3n) is 5.40. The number of imidazole rings is 1. The third kappa shape index (κ3) is 10.1. The number of nitrogens with zero attached hydrogens (tertiary/aromatic N) is 4. The number of hydrogen-bond donors (Lipinski definition) is 4. The zero-order valence-electron chi connectivity index (χ0n) is 22.2. The van der Waals surface area contributed by atoms with Gasteiger partial charge >= 0.3 is 5.97 Å². The molecule has 0 amide bonds. The van der Waals surface area contributed by atoms with Gasteiger partial charge in [0.2, 0.25) is 0 Å². The second-order valence-electron chi connectivity index (χ2n) is 7.80. The topological polar surface area (TPSA) is 121 Å². The Morgan fingerprint density at radius 3 is 2.54 bits per heavy atom. The standard InChI is InChI=1S/C14H18N4OS.C9H7FN2O2.C2H6.C2H2.Pr/c1-17(11-4-6-12(19)7-5-11)20-18-10-2-3-13(18)14-15-8-9-16-14;10-5-1-2-6-7(3-5)11-12-8(6)4-9(13)14;2*1-2;/h4-9,13,19H,2-3,10H2,1H3,(H,15,16);1-3H,4H2,(H,11,12)(H,13,14);1-2H3;1-2H;/t13-;;;;/m1..../s1. The van der Waals surface area contributed by atoms with E-state index in [1.807, 2.05) is 39.2 Å². The zero-order chi connectivity index (χ0) is 28.1. The van der Waals surface area contributed by atoms with Gasteiger partial charge in [-0.3, -0.25) is 9.89 Å². The number of carbonyl (C=O) groups is 1. The maximum absolute atomic E-state index is 12.7. The van der Waals surface area contributed by atoms with Gasteiger partial charge in [0.15, 0.2) is 0 Å². The number of aromatic amines is 2. The van der Waals surface area contributed by atoms with Gasteiger partial charge in [0.1, 0.15) is 17.4 Å². The normalized spacial score (nSPS) is 13.9. The molecule has 1 aliphatic rings. The van der Waals surface area contributed by atoms with Crippen LogP contribution in [0, 0.1) is 60.0 Å². The Labute approximate surface area is 265 Å². The van der Waals surface area contributed by atoms with E-state index in [0.717, 1.165) is 24.5 Å². The molecule has 0 spiro atoms. The number of phenols is 1. The summed E-state index contributed by atoms with van der Waals surface area (Å²) in [6.07, 6.45) is 13.9. The molecule has 1 atom stereocenters. The van der Waals surface area contributed by atoms with Crippen LogP contribution in [0.3, 0.4) is 0 Å². The average Bonchev–Trinajstić information content (AvgIpc) is 3.69. The molecule has 1 aliphatic heterocycles. The van der Waals surface area contributed by atoms with Crippen LogP contribution < -0.4 is 4.31 Å². The van der Waals surface area contributed by atoms with Gasteiger partial charge in [0, 0.05) is 96.6 Å². The summed E-state index contributed by atoms with van der Waals surface area (Å²) < 4.78 is 17.2. The van der Waals surface area contributed by atoms with Crippen LogP contribution in [-0.2, 0) is 11.2 Å². The summed E-state index contributed by atoms with van der Waals surface area (Å²) in [5.74, 6) is 0.00152. The molecule has 12 heteroatoms. The Kier molecular flexibility index (Phi) is 15.7. The molecule has 39 heavy (non-hydrogen) atoms. The minimum atomic E-state index is -0.945. The first-order chi connectivity index (χ1) is 18.4. The number of terminal acetylenes is 1. The summed E-state index contributed by atoms with van der Waals surface area (Å²) in [5.41, 5.74) is 2.01. The molecule has 2 aromatic carbocycles. The van der Waals surface area contributed by atoms with Crippen molar-refractivity contribution in [1.82, 2.24) is 24.5 Å². The molecular formula is C27H33FN6O3PrS. The van der Waals surface area contributed by atoms with Crippen LogP contribution in [-0.4, -0.2) is 54.2 Å². The number of phenolic OH excluding ortho intramolecular Hbond substituents is 1. The molecule has 3 heterocycles. The molecule has 1 radical (unpaired) electrons. The summed E-state index contributed by atoms with van der Waals surface area (Å²) in [6.45, 7) is 5.05. The fourth-order valence-corrected chi connectivity index (χ4v) is 4.82. The summed E-state index contributed by atoms with van der Waals surface area (Å²) in [7, 11) is 2.04. The fraction of sp³-hybridized carbons (Fsp3) is 0.296. The van der Waals surface area contributed by atoms with E-state index in [4.69, 9.17) is 5.11 Å². The molecule has 0 unspecified atom stereocenters. The molecule has 2 aromatic heterocycles. The number of carboxylic acid groups (broad SMARTS) is 1. The van der Waals surface area contributed by atoms with Gasteiger partial charge in [-0.05, 0) is 49.2 Å². The van der Waals surface area contributed by atoms with E-state index in [-0.39, 0.29) is 53.5 Å². The maximum atomic E-state index is 12.7. The van der Waals surface area contributed by atoms with Gasteiger partial charge in [-0.1, -0.05) is 13.8 Å². The number of H-pyrrole nitrogens is 2. The number of aromatic nitrogens is 4. The van der Waals surface area contributed by atoms with Crippen molar-refractivity contribution < 1.29 is 60.7 Å². The van der Waals surface area contributed by atoms with Crippen LogP contribution in [0.1, 0.15) is 44.2 Å². The first-order valence-electron chi connectivity index (χ1n) is 12.0. The van der Waals surface area contributed by atoms with Gasteiger partial charge in [0.25, 0.3) is 0 Å². The Morgan fingerprint density at radius 2 is 1.92 bits per heavy atom. The van der Waals surface area contributed by atoms with Crippen molar-refractivity contribution in [2.45, 2.75) is 39.2 Å². The summed E-state index contributed by atoms with van der Waals surface area (Å²) >= 11 is 1.70. The van der Waals surface area contributed by atoms with E-state index in [2.05, 4.69) is 41.6 Å². The SMILES string of the molecule is C#C.CC.CN(SN1CCC[C@@H]1c1ncc[nH]1)c1ccc(O)cc1.O=C(O)Cc1[nH]nc2cc(F)ccc12.[Pr]. The van der Waals surface area contributed by atoms with Crippen LogP contribution >= 0.6 is 12.1 Å². The summed E-state index contributed by atoms with van der Waals surface area (Å²) in [4.78, 5) is 18.0. The van der Waals surface area contributed by atoms with Crippen LogP contribution in [0.2, 0.25) is 0 Å². The monoisotopic (exact) mass is 681 g/mol. The van der Waals surface area contributed by atoms with Crippen molar-refractivity contribution in [2.24, 2.45) is 0 Å². The van der Waals surface area contributed by atoms with E-state index < -0.39 is 5.97 Å². The van der Waals surface area contributed by atoms with Gasteiger partial charge in [-0.2, -0.15) is 5.10 Å². The molecule has 1 saturated heterocycles. The van der Waals surface area contributed by atoms with Crippen molar-refractivity contribution in [1.29, 1.82) is 0 Å². The number of hydrogen-bond acceptors (Lipinski definition) is 7. The van der Waals surface area contributed by atoms with Crippen molar-refractivity contribution in [3.63, 3.8) is 0 Å². The van der Waals surface area contributed by atoms with Crippen molar-refractivity contribution in [3.8, 4) is 18.6 Å². The molecular weight excluding hydrogens is 648 g/mol. The Morgan fingerprint density at radius 1 is 1.23 bits per heavy atom. The predicted octanol–water partition coefficient (Wildman–Crippen LogP) is 5.56. The number of benzene rings is 2. The van der Waals surface area contributed by atoms with E-state index in [1.54, 1.807) is 30.5 Å². The minimum absolute atomic E-state index is 0. The number of aliphatic carboxylic acids is 1. The Balaban J connectivity index is 0.000000353. The minimum Gasteiger partial charge on any atom is -0.508 e. The van der Waals surface area contributed by atoms with Crippen LogP contribution in [0.4, 0.5) is 10.1 Å². The third-order valence-corrected chi connectivity index (χ3v) is 6.51. The predicted molar refractivity (Wildman–Crippen MR) is 150 cm³/mol. The number of halogens is 1. The number of nitrogens with one attached hydrogen (secondary N) is 2. The van der Waals surface area contributed by atoms with Crippen molar-refractivity contribution in [3.05, 3.63) is 72.2 Å². The Hall–Kier alpha value is -2.65. The molecule has 1 fully saturated rings. The number of aromatic hydroxyl groups is 1. The molecule has 4 aromatic rings. The zero-order valence-corrected chi connectivity index (χ0v) is 26.7. The van der Waals surface area contributed by atoms with E-state index in [0.29, 0.717) is 28.4 Å². The van der Waals surface area contributed by atoms with E-state index in [1.165, 1.54) is 24.6 Å². The number of rotatable bonds is 6. The molecule has 9 nitrogen and oxygen atoms in total. The second-order valence-corrected chi connectivity index (χ2v) is 8.98. The van der Waals surface area contributed by atoms with Crippen molar-refractivity contribution >= 4 is 34.7 Å². The Bertz CT molecular complexity index is 1280. The van der Waals surface area contributed by atoms with Gasteiger partial charge in [0.05, 0.1) is 23.7 Å². The summed E-state index contributed by atoms with van der Waals surface area (Å²) in [6, 6.07) is 11.7. The van der Waals surface area contributed by atoms with E-state index in [9.17, 15) is 14.3 Å². The molecule has 205 valence electrons. The van der Waals surface area contributed by atoms with Crippen LogP contribution in [0.15, 0.2) is 54.9 Å². The quantitative estimate of drug-likeness (QED) is 0.154. The molecule has 4 N–H and O–H groups in total. The van der Waals surface area contributed by atoms with Crippen LogP contribution in [0.25, 0.3) is 10.9 Å². The van der Waals surface area contributed by atoms with Crippen molar-refractivity contribution in [2.75, 3.05) is 17.9 Å². The van der Waals surface area contributed by atoms with Gasteiger partial charge < -0.3 is 19.5 Å². The smallest absolute Gasteiger partial charge is 0.309 e. The average molecular weight is 682 g/mol. The number of anilines is 1. The number of carboxylic acids is 1.